The Labute approximate surface area is 153 Å². The van der Waals surface area contributed by atoms with E-state index in [9.17, 15) is 0 Å². The van der Waals surface area contributed by atoms with Crippen molar-refractivity contribution in [3.63, 3.8) is 0 Å². The van der Waals surface area contributed by atoms with Gasteiger partial charge in [-0.3, -0.25) is 0 Å². The number of rotatable bonds is 4. The van der Waals surface area contributed by atoms with Crippen LogP contribution in [0.25, 0.3) is 0 Å². The van der Waals surface area contributed by atoms with Gasteiger partial charge in [-0.15, -0.1) is 11.8 Å². The van der Waals surface area contributed by atoms with Crippen molar-refractivity contribution in [3.05, 3.63) is 65.2 Å². The third kappa shape index (κ3) is 4.15. The molecule has 3 rings (SSSR count). The van der Waals surface area contributed by atoms with Crippen LogP contribution in [0.15, 0.2) is 59.5 Å². The molecule has 1 aliphatic heterocycles. The molecule has 2 atom stereocenters. The van der Waals surface area contributed by atoms with Crippen molar-refractivity contribution in [2.75, 3.05) is 12.4 Å². The molecule has 0 aliphatic carbocycles. The van der Waals surface area contributed by atoms with E-state index in [-0.39, 0.29) is 11.5 Å². The van der Waals surface area contributed by atoms with Gasteiger partial charge in [0.2, 0.25) is 0 Å². The Hall–Kier alpha value is -1.00. The Morgan fingerprint density at radius 2 is 1.71 bits per heavy atom. The molecule has 0 amide bonds. The van der Waals surface area contributed by atoms with Crippen molar-refractivity contribution in [1.29, 1.82) is 0 Å². The molecule has 4 heteroatoms. The molecule has 128 valence electrons. The summed E-state index contributed by atoms with van der Waals surface area (Å²) in [5, 5.41) is 0.741. The van der Waals surface area contributed by atoms with Gasteiger partial charge in [-0.2, -0.15) is 0 Å². The first kappa shape index (κ1) is 17.8. The van der Waals surface area contributed by atoms with Gasteiger partial charge >= 0.3 is 0 Å². The van der Waals surface area contributed by atoms with E-state index in [1.54, 1.807) is 0 Å². The van der Waals surface area contributed by atoms with Crippen LogP contribution in [-0.2, 0) is 9.47 Å². The van der Waals surface area contributed by atoms with Crippen molar-refractivity contribution < 1.29 is 9.47 Å². The molecule has 0 saturated carbocycles. The third-order valence-corrected chi connectivity index (χ3v) is 5.93. The Morgan fingerprint density at radius 1 is 1.04 bits per heavy atom. The standard InChI is InChI=1S/C20H23ClO2S/c1-19(2)22-13-20(3,14-24-17-7-5-4-6-8-17)18(23-19)15-9-11-16(21)12-10-15/h4-12,18H,13-14H2,1-3H3/t18-,20+/m1/s1. The minimum Gasteiger partial charge on any atom is -0.350 e. The van der Waals surface area contributed by atoms with Gasteiger partial charge in [0.1, 0.15) is 0 Å². The van der Waals surface area contributed by atoms with Gasteiger partial charge in [-0.05, 0) is 43.7 Å². The number of thioether (sulfide) groups is 1. The van der Waals surface area contributed by atoms with Crippen LogP contribution in [0.5, 0.6) is 0 Å². The van der Waals surface area contributed by atoms with Gasteiger partial charge in [0, 0.05) is 21.1 Å². The fourth-order valence-electron chi connectivity index (χ4n) is 2.86. The Bertz CT molecular complexity index is 672. The zero-order valence-corrected chi connectivity index (χ0v) is 15.9. The molecule has 1 saturated heterocycles. The lowest BCUT2D eigenvalue weighted by Crippen LogP contribution is -2.48. The van der Waals surface area contributed by atoms with Crippen LogP contribution in [0.2, 0.25) is 5.02 Å². The average Bonchev–Trinajstić information content (AvgIpc) is 2.58. The average molecular weight is 363 g/mol. The molecule has 24 heavy (non-hydrogen) atoms. The number of hydrogen-bond acceptors (Lipinski definition) is 3. The second-order valence-electron chi connectivity index (χ2n) is 6.99. The molecule has 1 aliphatic rings. The number of halogens is 1. The van der Waals surface area contributed by atoms with Gasteiger partial charge < -0.3 is 9.47 Å². The normalized spacial score (nSPS) is 26.2. The second kappa shape index (κ2) is 7.09. The van der Waals surface area contributed by atoms with E-state index >= 15 is 0 Å². The molecular formula is C20H23ClO2S. The van der Waals surface area contributed by atoms with Crippen LogP contribution >= 0.6 is 23.4 Å². The molecule has 0 radical (unpaired) electrons. The van der Waals surface area contributed by atoms with Crippen LogP contribution in [0.3, 0.4) is 0 Å². The fourth-order valence-corrected chi connectivity index (χ4v) is 4.07. The van der Waals surface area contributed by atoms with Gasteiger partial charge in [0.15, 0.2) is 5.79 Å². The van der Waals surface area contributed by atoms with Crippen LogP contribution in [-0.4, -0.2) is 18.1 Å². The van der Waals surface area contributed by atoms with Crippen LogP contribution < -0.4 is 0 Å². The number of ether oxygens (including phenoxy) is 2. The maximum atomic E-state index is 6.33. The molecule has 1 fully saturated rings. The summed E-state index contributed by atoms with van der Waals surface area (Å²) >= 11 is 7.89. The van der Waals surface area contributed by atoms with Gasteiger partial charge in [-0.25, -0.2) is 0 Å². The smallest absolute Gasteiger partial charge is 0.163 e. The Balaban J connectivity index is 1.83. The monoisotopic (exact) mass is 362 g/mol. The Kier molecular flexibility index (Phi) is 5.26. The highest BCUT2D eigenvalue weighted by molar-refractivity contribution is 7.99. The first-order valence-corrected chi connectivity index (χ1v) is 9.49. The highest BCUT2D eigenvalue weighted by Crippen LogP contribution is 2.47. The molecule has 1 heterocycles. The van der Waals surface area contributed by atoms with E-state index < -0.39 is 5.79 Å². The predicted octanol–water partition coefficient (Wildman–Crippen LogP) is 5.96. The van der Waals surface area contributed by atoms with Crippen molar-refractivity contribution in [2.45, 2.75) is 37.6 Å². The SMILES string of the molecule is CC1(C)OC[C@@](C)(CSc2ccccc2)[C@@H](c2ccc(Cl)cc2)O1. The van der Waals surface area contributed by atoms with E-state index in [1.807, 2.05) is 43.8 Å². The van der Waals surface area contributed by atoms with Crippen molar-refractivity contribution >= 4 is 23.4 Å². The van der Waals surface area contributed by atoms with Crippen molar-refractivity contribution in [3.8, 4) is 0 Å². The van der Waals surface area contributed by atoms with Crippen molar-refractivity contribution in [1.82, 2.24) is 0 Å². The zero-order chi connectivity index (χ0) is 17.2. The summed E-state index contributed by atoms with van der Waals surface area (Å²) in [5.41, 5.74) is 1.02. The summed E-state index contributed by atoms with van der Waals surface area (Å²) in [6, 6.07) is 18.4. The lowest BCUT2D eigenvalue weighted by atomic mass is 9.81. The Morgan fingerprint density at radius 3 is 2.38 bits per heavy atom. The molecule has 0 bridgehead atoms. The molecular weight excluding hydrogens is 340 g/mol. The maximum Gasteiger partial charge on any atom is 0.163 e. The van der Waals surface area contributed by atoms with Crippen molar-refractivity contribution in [2.24, 2.45) is 5.41 Å². The summed E-state index contributed by atoms with van der Waals surface area (Å²) in [4.78, 5) is 1.26. The van der Waals surface area contributed by atoms with Gasteiger partial charge in [-0.1, -0.05) is 48.9 Å². The quantitative estimate of drug-likeness (QED) is 0.625. The maximum absolute atomic E-state index is 6.33. The summed E-state index contributed by atoms with van der Waals surface area (Å²) in [5.74, 6) is 0.335. The van der Waals surface area contributed by atoms with Gasteiger partial charge in [0.25, 0.3) is 0 Å². The lowest BCUT2D eigenvalue weighted by Gasteiger charge is -2.47. The minimum absolute atomic E-state index is 0.0327. The first-order valence-electron chi connectivity index (χ1n) is 8.13. The third-order valence-electron chi connectivity index (χ3n) is 4.27. The van der Waals surface area contributed by atoms with Crippen LogP contribution in [0.1, 0.15) is 32.4 Å². The van der Waals surface area contributed by atoms with E-state index in [4.69, 9.17) is 21.1 Å². The van der Waals surface area contributed by atoms with Crippen LogP contribution in [0.4, 0.5) is 0 Å². The molecule has 0 N–H and O–H groups in total. The highest BCUT2D eigenvalue weighted by Gasteiger charge is 2.45. The lowest BCUT2D eigenvalue weighted by molar-refractivity contribution is -0.314. The number of hydrogen-bond donors (Lipinski definition) is 0. The van der Waals surface area contributed by atoms with E-state index in [2.05, 4.69) is 43.3 Å². The molecule has 2 nitrogen and oxygen atoms in total. The molecule has 2 aromatic carbocycles. The topological polar surface area (TPSA) is 18.5 Å². The fraction of sp³-hybridized carbons (Fsp3) is 0.400. The van der Waals surface area contributed by atoms with E-state index in [0.29, 0.717) is 6.61 Å². The summed E-state index contributed by atoms with van der Waals surface area (Å²) in [6.07, 6.45) is -0.0327. The summed E-state index contributed by atoms with van der Waals surface area (Å²) in [6.45, 7) is 6.84. The molecule has 2 aromatic rings. The van der Waals surface area contributed by atoms with Crippen LogP contribution in [0, 0.1) is 5.41 Å². The van der Waals surface area contributed by atoms with Gasteiger partial charge in [0.05, 0.1) is 12.7 Å². The van der Waals surface area contributed by atoms with E-state index in [1.165, 1.54) is 4.90 Å². The minimum atomic E-state index is -0.582. The van der Waals surface area contributed by atoms with E-state index in [0.717, 1.165) is 16.3 Å². The zero-order valence-electron chi connectivity index (χ0n) is 14.3. The largest absolute Gasteiger partial charge is 0.350 e. The predicted molar refractivity (Wildman–Crippen MR) is 101 cm³/mol. The molecule has 0 aromatic heterocycles. The summed E-state index contributed by atoms with van der Waals surface area (Å²) < 4.78 is 12.3. The molecule has 0 unspecified atom stereocenters. The second-order valence-corrected chi connectivity index (χ2v) is 8.48. The first-order chi connectivity index (χ1) is 11.4. The number of benzene rings is 2. The molecule has 0 spiro atoms. The summed E-state index contributed by atoms with van der Waals surface area (Å²) in [7, 11) is 0. The highest BCUT2D eigenvalue weighted by atomic mass is 35.5.